The van der Waals surface area contributed by atoms with Crippen LogP contribution in [0, 0.1) is 0 Å². The highest BCUT2D eigenvalue weighted by atomic mass is 79.9. The van der Waals surface area contributed by atoms with E-state index in [2.05, 4.69) is 31.9 Å². The summed E-state index contributed by atoms with van der Waals surface area (Å²) in [6, 6.07) is 0. The highest BCUT2D eigenvalue weighted by Gasteiger charge is 2.14. The van der Waals surface area contributed by atoms with Crippen molar-refractivity contribution in [2.75, 3.05) is 6.61 Å². The van der Waals surface area contributed by atoms with Crippen molar-refractivity contribution in [2.45, 2.75) is 28.1 Å². The minimum Gasteiger partial charge on any atom is -0.395 e. The van der Waals surface area contributed by atoms with E-state index in [-0.39, 0.29) is 16.3 Å². The van der Waals surface area contributed by atoms with Gasteiger partial charge in [-0.1, -0.05) is 43.5 Å². The second-order valence-corrected chi connectivity index (χ2v) is 5.16. The van der Waals surface area contributed by atoms with Crippen LogP contribution in [-0.2, 0) is 0 Å². The highest BCUT2D eigenvalue weighted by molar-refractivity contribution is 9.09. The Morgan fingerprint density at radius 1 is 1.27 bits per heavy atom. The number of alkyl halides is 3. The third-order valence-electron chi connectivity index (χ3n) is 1.25. The summed E-state index contributed by atoms with van der Waals surface area (Å²) in [6.07, 6.45) is 1.53. The van der Waals surface area contributed by atoms with E-state index in [1.165, 1.54) is 0 Å². The molecular formula is C6H11Br2ClO2. The molecule has 2 nitrogen and oxygen atoms in total. The van der Waals surface area contributed by atoms with Gasteiger partial charge in [0.2, 0.25) is 0 Å². The Hall–Kier alpha value is 1.17. The lowest BCUT2D eigenvalue weighted by atomic mass is 10.2. The second-order valence-electron chi connectivity index (χ2n) is 2.25. The van der Waals surface area contributed by atoms with E-state index in [0.717, 1.165) is 12.8 Å². The van der Waals surface area contributed by atoms with Crippen LogP contribution in [0.4, 0.5) is 0 Å². The average Bonchev–Trinajstić information content (AvgIpc) is 1.99. The summed E-state index contributed by atoms with van der Waals surface area (Å²) in [4.78, 5) is -0.00580. The van der Waals surface area contributed by atoms with Gasteiger partial charge in [-0.3, -0.25) is 0 Å². The lowest BCUT2D eigenvalue weighted by molar-refractivity contribution is 0.244. The molecule has 0 radical (unpaired) electrons. The normalized spacial score (nSPS) is 19.4. The minimum atomic E-state index is -0.853. The standard InChI is InChI=1S/C6H11Br2ClO2/c7-4(3-10)1-2-5(8)6(9)11/h4-6,10-11H,1-3H2. The van der Waals surface area contributed by atoms with Gasteiger partial charge in [0.25, 0.3) is 0 Å². The average molecular weight is 310 g/mol. The van der Waals surface area contributed by atoms with E-state index in [0.29, 0.717) is 0 Å². The van der Waals surface area contributed by atoms with Crippen molar-refractivity contribution in [2.24, 2.45) is 0 Å². The fraction of sp³-hybridized carbons (Fsp3) is 1.00. The molecule has 0 amide bonds. The number of halogens is 3. The molecule has 11 heavy (non-hydrogen) atoms. The maximum Gasteiger partial charge on any atom is 0.140 e. The number of aliphatic hydroxyl groups excluding tert-OH is 2. The Morgan fingerprint density at radius 3 is 2.18 bits per heavy atom. The SMILES string of the molecule is OCC(Br)CCC(Br)C(O)Cl. The molecule has 0 aliphatic carbocycles. The largest absolute Gasteiger partial charge is 0.395 e. The number of aliphatic hydroxyl groups is 2. The first-order valence-electron chi connectivity index (χ1n) is 3.29. The quantitative estimate of drug-likeness (QED) is 0.761. The molecule has 0 rings (SSSR count). The zero-order chi connectivity index (χ0) is 8.85. The van der Waals surface area contributed by atoms with Crippen molar-refractivity contribution in [3.05, 3.63) is 0 Å². The van der Waals surface area contributed by atoms with Crippen LogP contribution in [0.15, 0.2) is 0 Å². The number of hydrogen-bond acceptors (Lipinski definition) is 2. The Morgan fingerprint density at radius 2 is 1.82 bits per heavy atom. The lowest BCUT2D eigenvalue weighted by Crippen LogP contribution is -2.16. The molecule has 0 saturated carbocycles. The van der Waals surface area contributed by atoms with Crippen LogP contribution in [0.3, 0.4) is 0 Å². The van der Waals surface area contributed by atoms with Crippen LogP contribution in [-0.4, -0.2) is 32.0 Å². The molecular weight excluding hydrogens is 299 g/mol. The molecule has 3 atom stereocenters. The van der Waals surface area contributed by atoms with Crippen molar-refractivity contribution >= 4 is 43.5 Å². The fourth-order valence-corrected chi connectivity index (χ4v) is 1.22. The summed E-state index contributed by atoms with van der Waals surface area (Å²) < 4.78 is 0. The number of rotatable bonds is 5. The molecule has 0 aliphatic rings. The molecule has 0 fully saturated rings. The van der Waals surface area contributed by atoms with Crippen molar-refractivity contribution in [3.63, 3.8) is 0 Å². The summed E-state index contributed by atoms with van der Waals surface area (Å²) in [6.45, 7) is 0.109. The van der Waals surface area contributed by atoms with Gasteiger partial charge in [0.1, 0.15) is 5.56 Å². The summed E-state index contributed by atoms with van der Waals surface area (Å²) in [5, 5.41) is 17.5. The van der Waals surface area contributed by atoms with Crippen molar-refractivity contribution in [3.8, 4) is 0 Å². The maximum absolute atomic E-state index is 8.85. The van der Waals surface area contributed by atoms with Gasteiger partial charge in [-0.05, 0) is 12.8 Å². The van der Waals surface area contributed by atoms with Crippen LogP contribution >= 0.6 is 43.5 Å². The molecule has 0 heterocycles. The number of hydrogen-bond donors (Lipinski definition) is 2. The van der Waals surface area contributed by atoms with Gasteiger partial charge in [0.15, 0.2) is 0 Å². The fourth-order valence-electron chi connectivity index (χ4n) is 0.569. The topological polar surface area (TPSA) is 40.5 Å². The molecule has 5 heteroatoms. The van der Waals surface area contributed by atoms with Crippen LogP contribution in [0.25, 0.3) is 0 Å². The van der Waals surface area contributed by atoms with E-state index < -0.39 is 5.56 Å². The molecule has 0 aromatic heterocycles. The molecule has 0 spiro atoms. The smallest absolute Gasteiger partial charge is 0.140 e. The predicted molar refractivity (Wildman–Crippen MR) is 53.6 cm³/mol. The third-order valence-corrected chi connectivity index (χ3v) is 3.57. The first-order valence-corrected chi connectivity index (χ1v) is 5.55. The molecule has 0 saturated heterocycles. The predicted octanol–water partition coefficient (Wildman–Crippen LogP) is 1.84. The van der Waals surface area contributed by atoms with Crippen LogP contribution in [0.2, 0.25) is 0 Å². The van der Waals surface area contributed by atoms with Gasteiger partial charge in [-0.15, -0.1) is 0 Å². The van der Waals surface area contributed by atoms with E-state index in [1.807, 2.05) is 0 Å². The Labute approximate surface area is 88.2 Å². The van der Waals surface area contributed by atoms with Crippen LogP contribution in [0.5, 0.6) is 0 Å². The van der Waals surface area contributed by atoms with Crippen LogP contribution in [0.1, 0.15) is 12.8 Å². The third kappa shape index (κ3) is 6.34. The van der Waals surface area contributed by atoms with E-state index >= 15 is 0 Å². The van der Waals surface area contributed by atoms with Gasteiger partial charge in [0.05, 0.1) is 11.4 Å². The van der Waals surface area contributed by atoms with E-state index in [1.54, 1.807) is 0 Å². The second kappa shape index (κ2) is 6.66. The Balaban J connectivity index is 3.37. The van der Waals surface area contributed by atoms with Crippen molar-refractivity contribution in [1.29, 1.82) is 0 Å². The molecule has 3 unspecified atom stereocenters. The summed E-state index contributed by atoms with van der Waals surface area (Å²) in [7, 11) is 0. The zero-order valence-electron chi connectivity index (χ0n) is 5.88. The zero-order valence-corrected chi connectivity index (χ0v) is 9.81. The molecule has 0 aromatic rings. The van der Waals surface area contributed by atoms with Crippen molar-refractivity contribution < 1.29 is 10.2 Å². The molecule has 0 bridgehead atoms. The molecule has 68 valence electrons. The van der Waals surface area contributed by atoms with Gasteiger partial charge in [0, 0.05) is 4.83 Å². The summed E-state index contributed by atoms with van der Waals surface area (Å²) >= 11 is 11.9. The van der Waals surface area contributed by atoms with Crippen LogP contribution < -0.4 is 0 Å². The highest BCUT2D eigenvalue weighted by Crippen LogP contribution is 2.18. The monoisotopic (exact) mass is 308 g/mol. The Bertz CT molecular complexity index is 103. The molecule has 0 aliphatic heterocycles. The van der Waals surface area contributed by atoms with Gasteiger partial charge >= 0.3 is 0 Å². The summed E-state index contributed by atoms with van der Waals surface area (Å²) in [5.41, 5.74) is -0.853. The Kier molecular flexibility index (Phi) is 7.37. The van der Waals surface area contributed by atoms with E-state index in [4.69, 9.17) is 21.8 Å². The first kappa shape index (κ1) is 12.2. The molecule has 2 N–H and O–H groups in total. The minimum absolute atomic E-state index is 0.0953. The van der Waals surface area contributed by atoms with Gasteiger partial charge in [-0.2, -0.15) is 0 Å². The summed E-state index contributed by atoms with van der Waals surface area (Å²) in [5.74, 6) is 0. The maximum atomic E-state index is 8.85. The molecule has 0 aromatic carbocycles. The van der Waals surface area contributed by atoms with E-state index in [9.17, 15) is 0 Å². The van der Waals surface area contributed by atoms with Gasteiger partial charge < -0.3 is 10.2 Å². The van der Waals surface area contributed by atoms with Crippen molar-refractivity contribution in [1.82, 2.24) is 0 Å². The first-order chi connectivity index (χ1) is 5.07. The lowest BCUT2D eigenvalue weighted by Gasteiger charge is -2.12. The van der Waals surface area contributed by atoms with Gasteiger partial charge in [-0.25, -0.2) is 0 Å².